The molecule has 0 amide bonds. The summed E-state index contributed by atoms with van der Waals surface area (Å²) in [6.45, 7) is 13.5. The Balaban J connectivity index is 2.64. The van der Waals surface area contributed by atoms with E-state index in [1.807, 2.05) is 11.3 Å². The lowest BCUT2D eigenvalue weighted by Gasteiger charge is -2.31. The van der Waals surface area contributed by atoms with Gasteiger partial charge in [0.05, 0.1) is 0 Å². The molecular weight excluding hydrogens is 202 g/mol. The number of hydrogen-bond donors (Lipinski definition) is 1. The minimum Gasteiger partial charge on any atom is -0.306 e. The van der Waals surface area contributed by atoms with Crippen LogP contribution in [0.4, 0.5) is 0 Å². The maximum absolute atomic E-state index is 3.67. The molecule has 0 saturated carbocycles. The predicted molar refractivity (Wildman–Crippen MR) is 69.5 cm³/mol. The Labute approximate surface area is 97.9 Å². The third-order valence-corrected chi connectivity index (χ3v) is 4.30. The summed E-state index contributed by atoms with van der Waals surface area (Å²) < 4.78 is 0. The summed E-state index contributed by atoms with van der Waals surface area (Å²) >= 11 is 1.85. The third-order valence-electron chi connectivity index (χ3n) is 3.09. The van der Waals surface area contributed by atoms with Crippen LogP contribution in [0.15, 0.2) is 11.4 Å². The quantitative estimate of drug-likeness (QED) is 0.815. The highest BCUT2D eigenvalue weighted by atomic mass is 32.1. The van der Waals surface area contributed by atoms with Crippen LogP contribution in [-0.2, 0) is 0 Å². The summed E-state index contributed by atoms with van der Waals surface area (Å²) in [5.41, 5.74) is 1.72. The SMILES string of the molecule is Cc1ccsc1C(C)NC(C)C(C)(C)C. The molecule has 1 rings (SSSR count). The van der Waals surface area contributed by atoms with Crippen molar-refractivity contribution in [2.24, 2.45) is 5.41 Å². The van der Waals surface area contributed by atoms with Crippen LogP contribution in [0.25, 0.3) is 0 Å². The first kappa shape index (κ1) is 12.7. The number of thiophene rings is 1. The Kier molecular flexibility index (Phi) is 3.96. The van der Waals surface area contributed by atoms with Gasteiger partial charge in [0, 0.05) is 17.0 Å². The van der Waals surface area contributed by atoms with E-state index in [2.05, 4.69) is 58.3 Å². The second-order valence-corrected chi connectivity index (χ2v) is 6.39. The zero-order valence-corrected chi connectivity index (χ0v) is 11.5. The molecule has 1 aromatic heterocycles. The van der Waals surface area contributed by atoms with Gasteiger partial charge in [0.25, 0.3) is 0 Å². The van der Waals surface area contributed by atoms with Crippen molar-refractivity contribution in [1.82, 2.24) is 5.32 Å². The maximum Gasteiger partial charge on any atom is 0.0390 e. The lowest BCUT2D eigenvalue weighted by molar-refractivity contribution is 0.269. The minimum absolute atomic E-state index is 0.319. The zero-order valence-electron chi connectivity index (χ0n) is 10.7. The van der Waals surface area contributed by atoms with Crippen LogP contribution in [0.1, 0.15) is 51.1 Å². The average Bonchev–Trinajstić information content (AvgIpc) is 2.49. The Morgan fingerprint density at radius 2 is 1.87 bits per heavy atom. The largest absolute Gasteiger partial charge is 0.306 e. The molecule has 1 nitrogen and oxygen atoms in total. The Bertz CT molecular complexity index is 309. The number of rotatable bonds is 3. The highest BCUT2D eigenvalue weighted by Crippen LogP contribution is 2.26. The summed E-state index contributed by atoms with van der Waals surface area (Å²) in [6, 6.07) is 3.17. The van der Waals surface area contributed by atoms with Crippen molar-refractivity contribution in [3.05, 3.63) is 21.9 Å². The van der Waals surface area contributed by atoms with E-state index in [-0.39, 0.29) is 0 Å². The van der Waals surface area contributed by atoms with Gasteiger partial charge >= 0.3 is 0 Å². The summed E-state index contributed by atoms with van der Waals surface area (Å²) in [4.78, 5) is 1.46. The third kappa shape index (κ3) is 3.32. The standard InChI is InChI=1S/C13H23NS/c1-9-7-8-15-12(9)10(2)14-11(3)13(4,5)6/h7-8,10-11,14H,1-6H3. The van der Waals surface area contributed by atoms with E-state index in [0.717, 1.165) is 0 Å². The van der Waals surface area contributed by atoms with Crippen LogP contribution >= 0.6 is 11.3 Å². The number of nitrogens with one attached hydrogen (secondary N) is 1. The maximum atomic E-state index is 3.67. The Hall–Kier alpha value is -0.340. The van der Waals surface area contributed by atoms with Crippen molar-refractivity contribution in [3.8, 4) is 0 Å². The molecule has 0 aliphatic carbocycles. The van der Waals surface area contributed by atoms with Gasteiger partial charge in [0.1, 0.15) is 0 Å². The normalized spacial score (nSPS) is 16.4. The molecular formula is C13H23NS. The van der Waals surface area contributed by atoms with Crippen molar-refractivity contribution >= 4 is 11.3 Å². The van der Waals surface area contributed by atoms with Gasteiger partial charge in [0.15, 0.2) is 0 Å². The molecule has 0 aliphatic rings. The van der Waals surface area contributed by atoms with Crippen molar-refractivity contribution in [2.75, 3.05) is 0 Å². The van der Waals surface area contributed by atoms with Gasteiger partial charge < -0.3 is 5.32 Å². The first-order valence-electron chi connectivity index (χ1n) is 5.62. The van der Waals surface area contributed by atoms with Crippen LogP contribution in [0.3, 0.4) is 0 Å². The van der Waals surface area contributed by atoms with Crippen LogP contribution in [-0.4, -0.2) is 6.04 Å². The molecule has 0 bridgehead atoms. The van der Waals surface area contributed by atoms with Crippen molar-refractivity contribution in [1.29, 1.82) is 0 Å². The van der Waals surface area contributed by atoms with Gasteiger partial charge in [-0.2, -0.15) is 0 Å². The van der Waals surface area contributed by atoms with Gasteiger partial charge in [-0.25, -0.2) is 0 Å². The monoisotopic (exact) mass is 225 g/mol. The molecule has 0 aromatic carbocycles. The Morgan fingerprint density at radius 1 is 1.27 bits per heavy atom. The van der Waals surface area contributed by atoms with E-state index in [1.165, 1.54) is 10.4 Å². The number of hydrogen-bond acceptors (Lipinski definition) is 2. The molecule has 0 fully saturated rings. The Morgan fingerprint density at radius 3 is 2.27 bits per heavy atom. The van der Waals surface area contributed by atoms with E-state index in [1.54, 1.807) is 0 Å². The van der Waals surface area contributed by atoms with E-state index in [0.29, 0.717) is 17.5 Å². The van der Waals surface area contributed by atoms with Gasteiger partial charge in [0.2, 0.25) is 0 Å². The smallest absolute Gasteiger partial charge is 0.0390 e. The van der Waals surface area contributed by atoms with Crippen LogP contribution in [0, 0.1) is 12.3 Å². The molecule has 1 heterocycles. The van der Waals surface area contributed by atoms with Crippen LogP contribution in [0.5, 0.6) is 0 Å². The molecule has 0 aliphatic heterocycles. The highest BCUT2D eigenvalue weighted by Gasteiger charge is 2.22. The van der Waals surface area contributed by atoms with Crippen molar-refractivity contribution < 1.29 is 0 Å². The fourth-order valence-corrected chi connectivity index (χ4v) is 2.47. The summed E-state index contributed by atoms with van der Waals surface area (Å²) in [7, 11) is 0. The van der Waals surface area contributed by atoms with Crippen LogP contribution < -0.4 is 5.32 Å². The molecule has 1 N–H and O–H groups in total. The minimum atomic E-state index is 0.319. The molecule has 1 aromatic rings. The van der Waals surface area contributed by atoms with Crippen LogP contribution in [0.2, 0.25) is 0 Å². The molecule has 0 radical (unpaired) electrons. The predicted octanol–water partition coefficient (Wildman–Crippen LogP) is 4.14. The van der Waals surface area contributed by atoms with E-state index in [9.17, 15) is 0 Å². The molecule has 0 spiro atoms. The second-order valence-electron chi connectivity index (χ2n) is 5.44. The topological polar surface area (TPSA) is 12.0 Å². The summed E-state index contributed by atoms with van der Waals surface area (Å²) in [5.74, 6) is 0. The molecule has 15 heavy (non-hydrogen) atoms. The fourth-order valence-electron chi connectivity index (χ4n) is 1.53. The summed E-state index contributed by atoms with van der Waals surface area (Å²) in [5, 5.41) is 5.84. The van der Waals surface area contributed by atoms with Gasteiger partial charge in [-0.15, -0.1) is 11.3 Å². The lowest BCUT2D eigenvalue weighted by atomic mass is 9.87. The lowest BCUT2D eigenvalue weighted by Crippen LogP contribution is -2.39. The second kappa shape index (κ2) is 4.67. The molecule has 2 unspecified atom stereocenters. The van der Waals surface area contributed by atoms with E-state index >= 15 is 0 Å². The first-order valence-corrected chi connectivity index (χ1v) is 6.50. The zero-order chi connectivity index (χ0) is 11.6. The van der Waals surface area contributed by atoms with Gasteiger partial charge in [-0.05, 0) is 43.2 Å². The molecule has 0 saturated heterocycles. The first-order chi connectivity index (χ1) is 6.82. The molecule has 2 atom stereocenters. The molecule has 2 heteroatoms. The van der Waals surface area contributed by atoms with Gasteiger partial charge in [-0.1, -0.05) is 20.8 Å². The highest BCUT2D eigenvalue weighted by molar-refractivity contribution is 7.10. The van der Waals surface area contributed by atoms with E-state index in [4.69, 9.17) is 0 Å². The van der Waals surface area contributed by atoms with Crippen molar-refractivity contribution in [3.63, 3.8) is 0 Å². The fraction of sp³-hybridized carbons (Fsp3) is 0.692. The van der Waals surface area contributed by atoms with Gasteiger partial charge in [-0.3, -0.25) is 0 Å². The summed E-state index contributed by atoms with van der Waals surface area (Å²) in [6.07, 6.45) is 0. The van der Waals surface area contributed by atoms with Crippen molar-refractivity contribution in [2.45, 2.75) is 53.6 Å². The average molecular weight is 225 g/mol. The van der Waals surface area contributed by atoms with E-state index < -0.39 is 0 Å². The molecule has 86 valence electrons. The number of aryl methyl sites for hydroxylation is 1.